The highest BCUT2D eigenvalue weighted by Gasteiger charge is 2.17. The number of fused-ring (bicyclic) bond motifs is 2. The number of nitrogens with zero attached hydrogens (tertiary/aromatic N) is 2. The lowest BCUT2D eigenvalue weighted by atomic mass is 10.00. The second-order valence-electron chi connectivity index (χ2n) is 5.37. The maximum Gasteiger partial charge on any atom is 0.143 e. The van der Waals surface area contributed by atoms with Gasteiger partial charge < -0.3 is 0 Å². The summed E-state index contributed by atoms with van der Waals surface area (Å²) in [5, 5.41) is 9.48. The van der Waals surface area contributed by atoms with Crippen molar-refractivity contribution in [2.24, 2.45) is 0 Å². The topological polar surface area (TPSA) is 41.6 Å². The molecule has 0 saturated carbocycles. The molecule has 0 fully saturated rings. The number of hydrogen-bond acceptors (Lipinski definition) is 3. The third-order valence-electron chi connectivity index (χ3n) is 3.88. The Bertz CT molecular complexity index is 1040. The summed E-state index contributed by atoms with van der Waals surface area (Å²) >= 11 is 8.10. The van der Waals surface area contributed by atoms with E-state index < -0.39 is 0 Å². The first-order chi connectivity index (χ1) is 11.7. The molecule has 0 unspecified atom stereocenters. The molecule has 0 amide bonds. The van der Waals surface area contributed by atoms with Crippen molar-refractivity contribution in [3.63, 3.8) is 0 Å². The van der Waals surface area contributed by atoms with Crippen molar-refractivity contribution in [3.05, 3.63) is 53.6 Å². The van der Waals surface area contributed by atoms with E-state index in [0.717, 1.165) is 43.6 Å². The number of hydrogen-bond donors (Lipinski definition) is 1. The molecular formula is C18H13ClFN3S. The number of rotatable bonds is 3. The van der Waals surface area contributed by atoms with Crippen molar-refractivity contribution in [2.45, 2.75) is 11.8 Å². The molecular weight excluding hydrogens is 345 g/mol. The predicted octanol–water partition coefficient (Wildman–Crippen LogP) is 5.68. The average molecular weight is 358 g/mol. The lowest BCUT2D eigenvalue weighted by Crippen LogP contribution is -1.92. The lowest BCUT2D eigenvalue weighted by molar-refractivity contribution is 0.628. The third-order valence-corrected chi connectivity index (χ3v) is 5.24. The fraction of sp³-hybridized carbons (Fsp3) is 0.111. The summed E-state index contributed by atoms with van der Waals surface area (Å²) < 4.78 is 13.4. The zero-order valence-electron chi connectivity index (χ0n) is 12.8. The van der Waals surface area contributed by atoms with Crippen molar-refractivity contribution in [3.8, 4) is 11.1 Å². The van der Waals surface area contributed by atoms with E-state index in [9.17, 15) is 4.39 Å². The molecule has 0 bridgehead atoms. The molecule has 0 saturated heterocycles. The van der Waals surface area contributed by atoms with Gasteiger partial charge in [-0.05, 0) is 35.6 Å². The molecule has 2 aromatic carbocycles. The molecule has 2 heterocycles. The number of halogens is 2. The first kappa shape index (κ1) is 15.4. The van der Waals surface area contributed by atoms with Gasteiger partial charge in [0.15, 0.2) is 0 Å². The van der Waals surface area contributed by atoms with Crippen LogP contribution in [0.3, 0.4) is 0 Å². The average Bonchev–Trinajstić information content (AvgIpc) is 3.02. The number of pyridine rings is 1. The molecule has 120 valence electrons. The standard InChI is InChI=1S/C18H13ClFN3S/c1-2-24-17-16(10-3-5-12(20)6-4-10)13-7-11-9-21-23-14(11)8-15(13)22-18(17)19/h3-9H,2H2,1H3,(H,21,23). The summed E-state index contributed by atoms with van der Waals surface area (Å²) in [5.41, 5.74) is 3.60. The van der Waals surface area contributed by atoms with Gasteiger partial charge in [0, 0.05) is 16.3 Å². The molecule has 0 aliphatic heterocycles. The van der Waals surface area contributed by atoms with Gasteiger partial charge in [0.05, 0.1) is 22.1 Å². The van der Waals surface area contributed by atoms with Gasteiger partial charge in [0.25, 0.3) is 0 Å². The van der Waals surface area contributed by atoms with Crippen LogP contribution >= 0.6 is 23.4 Å². The minimum atomic E-state index is -0.259. The van der Waals surface area contributed by atoms with Crippen LogP contribution in [0, 0.1) is 5.82 Å². The Balaban J connectivity index is 2.11. The molecule has 3 nitrogen and oxygen atoms in total. The SMILES string of the molecule is CCSc1c(Cl)nc2cc3[nH]ncc3cc2c1-c1ccc(F)cc1. The van der Waals surface area contributed by atoms with E-state index >= 15 is 0 Å². The van der Waals surface area contributed by atoms with E-state index in [1.807, 2.05) is 6.07 Å². The van der Waals surface area contributed by atoms with Gasteiger partial charge in [-0.25, -0.2) is 9.37 Å². The number of aromatic nitrogens is 3. The minimum Gasteiger partial charge on any atom is -0.278 e. The summed E-state index contributed by atoms with van der Waals surface area (Å²) in [6, 6.07) is 10.5. The highest BCUT2D eigenvalue weighted by Crippen LogP contribution is 2.41. The minimum absolute atomic E-state index is 0.259. The van der Waals surface area contributed by atoms with Gasteiger partial charge in [-0.2, -0.15) is 5.10 Å². The van der Waals surface area contributed by atoms with Crippen molar-refractivity contribution in [1.29, 1.82) is 0 Å². The first-order valence-electron chi connectivity index (χ1n) is 7.52. The van der Waals surface area contributed by atoms with Crippen molar-refractivity contribution in [1.82, 2.24) is 15.2 Å². The first-order valence-corrected chi connectivity index (χ1v) is 8.89. The molecule has 0 aliphatic rings. The molecule has 4 aromatic rings. The smallest absolute Gasteiger partial charge is 0.143 e. The zero-order valence-corrected chi connectivity index (χ0v) is 14.4. The van der Waals surface area contributed by atoms with E-state index in [0.29, 0.717) is 5.15 Å². The summed E-state index contributed by atoms with van der Waals surface area (Å²) in [6.45, 7) is 2.07. The van der Waals surface area contributed by atoms with Gasteiger partial charge in [-0.15, -0.1) is 11.8 Å². The third kappa shape index (κ3) is 2.54. The van der Waals surface area contributed by atoms with E-state index in [2.05, 4.69) is 28.2 Å². The summed E-state index contributed by atoms with van der Waals surface area (Å²) in [5.74, 6) is 0.611. The quantitative estimate of drug-likeness (QED) is 0.378. The Morgan fingerprint density at radius 3 is 2.75 bits per heavy atom. The summed E-state index contributed by atoms with van der Waals surface area (Å²) in [4.78, 5) is 5.47. The molecule has 1 N–H and O–H groups in total. The maximum atomic E-state index is 13.4. The molecule has 24 heavy (non-hydrogen) atoms. The van der Waals surface area contributed by atoms with E-state index in [-0.39, 0.29) is 5.82 Å². The summed E-state index contributed by atoms with van der Waals surface area (Å²) in [6.07, 6.45) is 1.78. The Labute approximate surface area is 147 Å². The zero-order chi connectivity index (χ0) is 16.7. The second-order valence-corrected chi connectivity index (χ2v) is 7.01. The van der Waals surface area contributed by atoms with Crippen LogP contribution < -0.4 is 0 Å². The second kappa shape index (κ2) is 6.07. The van der Waals surface area contributed by atoms with Crippen molar-refractivity contribution < 1.29 is 4.39 Å². The van der Waals surface area contributed by atoms with Crippen LogP contribution in [0.25, 0.3) is 32.9 Å². The van der Waals surface area contributed by atoms with Crippen molar-refractivity contribution in [2.75, 3.05) is 5.75 Å². The Morgan fingerprint density at radius 2 is 2.00 bits per heavy atom. The maximum absolute atomic E-state index is 13.4. The number of H-pyrrole nitrogens is 1. The molecule has 0 atom stereocenters. The highest BCUT2D eigenvalue weighted by molar-refractivity contribution is 7.99. The van der Waals surface area contributed by atoms with E-state index in [1.54, 1.807) is 30.1 Å². The molecule has 0 spiro atoms. The molecule has 2 aromatic heterocycles. The van der Waals surface area contributed by atoms with Crippen LogP contribution in [-0.2, 0) is 0 Å². The fourth-order valence-electron chi connectivity index (χ4n) is 2.83. The normalized spacial score (nSPS) is 11.5. The molecule has 6 heteroatoms. The Kier molecular flexibility index (Phi) is 3.90. The van der Waals surface area contributed by atoms with Gasteiger partial charge in [0.2, 0.25) is 0 Å². The predicted molar refractivity (Wildman–Crippen MR) is 98.2 cm³/mol. The van der Waals surface area contributed by atoms with Crippen molar-refractivity contribution >= 4 is 45.2 Å². The van der Waals surface area contributed by atoms with Gasteiger partial charge in [-0.1, -0.05) is 30.7 Å². The van der Waals surface area contributed by atoms with E-state index in [1.165, 1.54) is 12.1 Å². The Hall–Kier alpha value is -2.11. The Morgan fingerprint density at radius 1 is 1.21 bits per heavy atom. The van der Waals surface area contributed by atoms with Gasteiger partial charge >= 0.3 is 0 Å². The number of nitrogens with one attached hydrogen (secondary N) is 1. The van der Waals surface area contributed by atoms with Crippen LogP contribution in [0.4, 0.5) is 4.39 Å². The molecule has 0 radical (unpaired) electrons. The van der Waals surface area contributed by atoms with Crippen LogP contribution in [0.15, 0.2) is 47.5 Å². The van der Waals surface area contributed by atoms with Crippen LogP contribution in [0.2, 0.25) is 5.15 Å². The number of aromatic amines is 1. The van der Waals surface area contributed by atoms with E-state index in [4.69, 9.17) is 11.6 Å². The van der Waals surface area contributed by atoms with Crippen LogP contribution in [0.1, 0.15) is 6.92 Å². The lowest BCUT2D eigenvalue weighted by Gasteiger charge is -2.14. The number of thioether (sulfide) groups is 1. The summed E-state index contributed by atoms with van der Waals surface area (Å²) in [7, 11) is 0. The fourth-order valence-corrected chi connectivity index (χ4v) is 4.01. The molecule has 4 rings (SSSR count). The molecule has 0 aliphatic carbocycles. The van der Waals surface area contributed by atoms with Crippen LogP contribution in [-0.4, -0.2) is 20.9 Å². The van der Waals surface area contributed by atoms with Crippen LogP contribution in [0.5, 0.6) is 0 Å². The highest BCUT2D eigenvalue weighted by atomic mass is 35.5. The largest absolute Gasteiger partial charge is 0.278 e. The van der Waals surface area contributed by atoms with Gasteiger partial charge in [0.1, 0.15) is 11.0 Å². The van der Waals surface area contributed by atoms with Gasteiger partial charge in [-0.3, -0.25) is 5.10 Å². The number of benzene rings is 2. The monoisotopic (exact) mass is 357 g/mol.